The lowest BCUT2D eigenvalue weighted by molar-refractivity contribution is -0.140. The predicted octanol–water partition coefficient (Wildman–Crippen LogP) is 3.86. The zero-order chi connectivity index (χ0) is 24.0. The summed E-state index contributed by atoms with van der Waals surface area (Å²) in [5.74, 6) is -0.215. The number of rotatable bonds is 10. The number of benzene rings is 2. The summed E-state index contributed by atoms with van der Waals surface area (Å²) >= 11 is 0. The van der Waals surface area contributed by atoms with Gasteiger partial charge in [0.2, 0.25) is 0 Å². The molecule has 0 aromatic heterocycles. The van der Waals surface area contributed by atoms with Gasteiger partial charge in [0.25, 0.3) is 11.7 Å². The standard InChI is InChI=1S/C26H32N2O5/c1-5-27(6-2)15-16-28-23(19-9-8-10-21(17-19)33-7-3)22(25(30)26(28)31)24(29)18-11-13-20(32-4)14-12-18/h8-14,17,23,29H,5-7,15-16H2,1-4H3/b24-22+. The maximum absolute atomic E-state index is 13.2. The van der Waals surface area contributed by atoms with Crippen molar-refractivity contribution in [1.82, 2.24) is 9.80 Å². The second-order valence-electron chi connectivity index (χ2n) is 7.75. The van der Waals surface area contributed by atoms with Crippen LogP contribution in [0.4, 0.5) is 0 Å². The van der Waals surface area contributed by atoms with E-state index in [2.05, 4.69) is 18.7 Å². The Morgan fingerprint density at radius 3 is 2.33 bits per heavy atom. The molecule has 1 N–H and O–H groups in total. The Kier molecular flexibility index (Phi) is 8.11. The minimum Gasteiger partial charge on any atom is -0.507 e. The van der Waals surface area contributed by atoms with Gasteiger partial charge in [0.05, 0.1) is 25.3 Å². The summed E-state index contributed by atoms with van der Waals surface area (Å²) in [6.45, 7) is 9.20. The zero-order valence-corrected chi connectivity index (χ0v) is 19.7. The van der Waals surface area contributed by atoms with Crippen LogP contribution in [-0.2, 0) is 9.59 Å². The molecule has 176 valence electrons. The lowest BCUT2D eigenvalue weighted by atomic mass is 9.95. The van der Waals surface area contributed by atoms with Gasteiger partial charge in [-0.3, -0.25) is 9.59 Å². The van der Waals surface area contributed by atoms with Gasteiger partial charge in [0.1, 0.15) is 17.3 Å². The van der Waals surface area contributed by atoms with E-state index in [9.17, 15) is 14.7 Å². The Morgan fingerprint density at radius 1 is 1.03 bits per heavy atom. The first-order valence-electron chi connectivity index (χ1n) is 11.3. The highest BCUT2D eigenvalue weighted by atomic mass is 16.5. The lowest BCUT2D eigenvalue weighted by Crippen LogP contribution is -2.38. The monoisotopic (exact) mass is 452 g/mol. The third-order valence-corrected chi connectivity index (χ3v) is 5.94. The first-order chi connectivity index (χ1) is 15.9. The summed E-state index contributed by atoms with van der Waals surface area (Å²) in [5.41, 5.74) is 1.25. The summed E-state index contributed by atoms with van der Waals surface area (Å²) in [6.07, 6.45) is 0. The number of nitrogens with zero attached hydrogens (tertiary/aromatic N) is 2. The smallest absolute Gasteiger partial charge is 0.295 e. The maximum atomic E-state index is 13.2. The highest BCUT2D eigenvalue weighted by Crippen LogP contribution is 2.40. The third kappa shape index (κ3) is 5.20. The Balaban J connectivity index is 2.10. The van der Waals surface area contributed by atoms with Crippen molar-refractivity contribution < 1.29 is 24.2 Å². The number of ether oxygens (including phenoxy) is 2. The van der Waals surface area contributed by atoms with Crippen LogP contribution in [0.25, 0.3) is 5.76 Å². The van der Waals surface area contributed by atoms with Crippen molar-refractivity contribution in [3.05, 3.63) is 65.2 Å². The molecular formula is C26H32N2O5. The lowest BCUT2D eigenvalue weighted by Gasteiger charge is -2.28. The summed E-state index contributed by atoms with van der Waals surface area (Å²) in [6, 6.07) is 13.4. The summed E-state index contributed by atoms with van der Waals surface area (Å²) in [5, 5.41) is 11.2. The molecule has 1 heterocycles. The van der Waals surface area contributed by atoms with Crippen molar-refractivity contribution in [2.24, 2.45) is 0 Å². The Bertz CT molecular complexity index is 1010. The fraction of sp³-hybridized carbons (Fsp3) is 0.385. The molecule has 3 rings (SSSR count). The average molecular weight is 453 g/mol. The molecule has 1 unspecified atom stereocenters. The molecule has 1 atom stereocenters. The molecule has 33 heavy (non-hydrogen) atoms. The van der Waals surface area contributed by atoms with Crippen LogP contribution in [0.2, 0.25) is 0 Å². The first kappa shape index (κ1) is 24.3. The molecular weight excluding hydrogens is 420 g/mol. The van der Waals surface area contributed by atoms with Gasteiger partial charge in [0, 0.05) is 18.7 Å². The van der Waals surface area contributed by atoms with E-state index >= 15 is 0 Å². The highest BCUT2D eigenvalue weighted by molar-refractivity contribution is 6.46. The number of methoxy groups -OCH3 is 1. The molecule has 0 bridgehead atoms. The molecule has 0 saturated carbocycles. The largest absolute Gasteiger partial charge is 0.507 e. The van der Waals surface area contributed by atoms with Crippen LogP contribution in [-0.4, -0.2) is 66.5 Å². The van der Waals surface area contributed by atoms with E-state index in [-0.39, 0.29) is 11.3 Å². The van der Waals surface area contributed by atoms with Gasteiger partial charge in [-0.25, -0.2) is 0 Å². The van der Waals surface area contributed by atoms with Crippen molar-refractivity contribution in [2.75, 3.05) is 39.9 Å². The topological polar surface area (TPSA) is 79.3 Å². The third-order valence-electron chi connectivity index (χ3n) is 5.94. The number of carbonyl (C=O) groups excluding carboxylic acids is 2. The van der Waals surface area contributed by atoms with Crippen LogP contribution in [0, 0.1) is 0 Å². The zero-order valence-electron chi connectivity index (χ0n) is 19.7. The molecule has 1 saturated heterocycles. The highest BCUT2D eigenvalue weighted by Gasteiger charge is 2.46. The molecule has 0 radical (unpaired) electrons. The number of aliphatic hydroxyl groups is 1. The first-order valence-corrected chi connectivity index (χ1v) is 11.3. The van der Waals surface area contributed by atoms with Crippen LogP contribution < -0.4 is 9.47 Å². The molecule has 2 aromatic rings. The minimum atomic E-state index is -0.705. The van der Waals surface area contributed by atoms with E-state index in [1.165, 1.54) is 0 Å². The molecule has 2 aromatic carbocycles. The second-order valence-corrected chi connectivity index (χ2v) is 7.75. The van der Waals surface area contributed by atoms with Crippen LogP contribution in [0.3, 0.4) is 0 Å². The van der Waals surface area contributed by atoms with Crippen LogP contribution in [0.5, 0.6) is 11.5 Å². The Hall–Kier alpha value is -3.32. The molecule has 1 aliphatic heterocycles. The number of likely N-dealkylation sites (tertiary alicyclic amines) is 1. The predicted molar refractivity (Wildman–Crippen MR) is 127 cm³/mol. The van der Waals surface area contributed by atoms with E-state index in [0.29, 0.717) is 36.8 Å². The SMILES string of the molecule is CCOc1cccc(C2/C(=C(\O)c3ccc(OC)cc3)C(=O)C(=O)N2CCN(CC)CC)c1. The average Bonchev–Trinajstić information content (AvgIpc) is 3.09. The molecule has 7 heteroatoms. The second kappa shape index (κ2) is 11.0. The van der Waals surface area contributed by atoms with E-state index in [1.54, 1.807) is 36.3 Å². The van der Waals surface area contributed by atoms with Gasteiger partial charge in [-0.15, -0.1) is 0 Å². The van der Waals surface area contributed by atoms with Gasteiger partial charge in [-0.2, -0.15) is 0 Å². The van der Waals surface area contributed by atoms with Gasteiger partial charge < -0.3 is 24.4 Å². The number of Topliss-reactive ketones (excluding diaryl/α,β-unsaturated/α-hetero) is 1. The molecule has 0 spiro atoms. The number of hydrogen-bond acceptors (Lipinski definition) is 6. The van der Waals surface area contributed by atoms with E-state index < -0.39 is 17.7 Å². The van der Waals surface area contributed by atoms with Crippen LogP contribution >= 0.6 is 0 Å². The van der Waals surface area contributed by atoms with E-state index in [0.717, 1.165) is 18.7 Å². The summed E-state index contributed by atoms with van der Waals surface area (Å²) in [7, 11) is 1.56. The number of hydrogen-bond donors (Lipinski definition) is 1. The van der Waals surface area contributed by atoms with Crippen molar-refractivity contribution in [3.8, 4) is 11.5 Å². The van der Waals surface area contributed by atoms with Crippen molar-refractivity contribution in [1.29, 1.82) is 0 Å². The Morgan fingerprint density at radius 2 is 1.73 bits per heavy atom. The molecule has 1 amide bonds. The molecule has 7 nitrogen and oxygen atoms in total. The summed E-state index contributed by atoms with van der Waals surface area (Å²) in [4.78, 5) is 30.0. The van der Waals surface area contributed by atoms with Gasteiger partial charge >= 0.3 is 0 Å². The van der Waals surface area contributed by atoms with Crippen LogP contribution in [0.1, 0.15) is 37.9 Å². The normalized spacial score (nSPS) is 17.6. The fourth-order valence-electron chi connectivity index (χ4n) is 4.09. The molecule has 1 fully saturated rings. The Labute approximate surface area is 195 Å². The number of carbonyl (C=O) groups is 2. The van der Waals surface area contributed by atoms with Crippen molar-refractivity contribution in [3.63, 3.8) is 0 Å². The van der Waals surface area contributed by atoms with E-state index in [4.69, 9.17) is 9.47 Å². The summed E-state index contributed by atoms with van der Waals surface area (Å²) < 4.78 is 10.8. The van der Waals surface area contributed by atoms with Gasteiger partial charge in [-0.1, -0.05) is 26.0 Å². The molecule has 0 aliphatic carbocycles. The maximum Gasteiger partial charge on any atom is 0.295 e. The van der Waals surface area contributed by atoms with Crippen LogP contribution in [0.15, 0.2) is 54.1 Å². The fourth-order valence-corrected chi connectivity index (χ4v) is 4.09. The minimum absolute atomic E-state index is 0.0818. The van der Waals surface area contributed by atoms with Gasteiger partial charge in [-0.05, 0) is 62.0 Å². The number of aliphatic hydroxyl groups excluding tert-OH is 1. The number of likely N-dealkylation sites (N-methyl/N-ethyl adjacent to an activating group) is 1. The quantitative estimate of drug-likeness (QED) is 0.335. The van der Waals surface area contributed by atoms with Crippen molar-refractivity contribution in [2.45, 2.75) is 26.8 Å². The molecule has 1 aliphatic rings. The van der Waals surface area contributed by atoms with Gasteiger partial charge in [0.15, 0.2) is 0 Å². The van der Waals surface area contributed by atoms with Crippen molar-refractivity contribution >= 4 is 17.4 Å². The number of amides is 1. The van der Waals surface area contributed by atoms with E-state index in [1.807, 2.05) is 31.2 Å². The number of ketones is 1.